The second kappa shape index (κ2) is 7.81. The molecule has 0 spiro atoms. The molecule has 114 valence electrons. The number of carboxylic acid groups (broad SMARTS) is 1. The van der Waals surface area contributed by atoms with Crippen LogP contribution in [0.1, 0.15) is 24.0 Å². The van der Waals surface area contributed by atoms with Gasteiger partial charge >= 0.3 is 5.97 Å². The summed E-state index contributed by atoms with van der Waals surface area (Å²) in [6, 6.07) is 5.49. The number of aliphatic carboxylic acids is 1. The lowest BCUT2D eigenvalue weighted by molar-refractivity contribution is -0.131. The van der Waals surface area contributed by atoms with Crippen LogP contribution in [-0.2, 0) is 20.9 Å². The first-order valence-corrected chi connectivity index (χ1v) is 6.96. The summed E-state index contributed by atoms with van der Waals surface area (Å²) < 4.78 is 16.5. The molecule has 1 fully saturated rings. The topological polar surface area (TPSA) is 65.0 Å². The van der Waals surface area contributed by atoms with Gasteiger partial charge in [-0.2, -0.15) is 0 Å². The van der Waals surface area contributed by atoms with E-state index in [-0.39, 0.29) is 6.10 Å². The highest BCUT2D eigenvalue weighted by Crippen LogP contribution is 2.22. The number of methoxy groups -OCH3 is 1. The number of carbonyl (C=O) groups is 1. The van der Waals surface area contributed by atoms with Crippen LogP contribution >= 0.6 is 0 Å². The van der Waals surface area contributed by atoms with Crippen LogP contribution < -0.4 is 4.74 Å². The normalized spacial score (nSPS) is 18.2. The highest BCUT2D eigenvalue weighted by Gasteiger charge is 2.15. The van der Waals surface area contributed by atoms with Gasteiger partial charge in [0, 0.05) is 18.2 Å². The molecule has 5 nitrogen and oxygen atoms in total. The Morgan fingerprint density at radius 1 is 1.52 bits per heavy atom. The van der Waals surface area contributed by atoms with E-state index < -0.39 is 5.97 Å². The molecule has 5 heteroatoms. The molecule has 1 N–H and O–H groups in total. The van der Waals surface area contributed by atoms with Crippen molar-refractivity contribution in [2.45, 2.75) is 25.6 Å². The van der Waals surface area contributed by atoms with E-state index in [0.29, 0.717) is 13.2 Å². The molecular formula is C16H20O5. The summed E-state index contributed by atoms with van der Waals surface area (Å²) in [6.07, 6.45) is 4.97. The maximum atomic E-state index is 10.5. The van der Waals surface area contributed by atoms with Gasteiger partial charge in [-0.05, 0) is 36.6 Å². The molecule has 1 unspecified atom stereocenters. The van der Waals surface area contributed by atoms with E-state index in [1.165, 1.54) is 0 Å². The molecule has 1 aromatic carbocycles. The average Bonchev–Trinajstić information content (AvgIpc) is 2.98. The molecule has 1 saturated heterocycles. The van der Waals surface area contributed by atoms with E-state index in [1.54, 1.807) is 13.2 Å². The fourth-order valence-electron chi connectivity index (χ4n) is 2.26. The average molecular weight is 292 g/mol. The Bertz CT molecular complexity index is 503. The molecule has 1 atom stereocenters. The molecule has 1 heterocycles. The van der Waals surface area contributed by atoms with Crippen LogP contribution in [-0.4, -0.2) is 37.5 Å². The van der Waals surface area contributed by atoms with Gasteiger partial charge in [0.1, 0.15) is 5.75 Å². The number of hydrogen-bond donors (Lipinski definition) is 1. The van der Waals surface area contributed by atoms with Gasteiger partial charge in [0.05, 0.1) is 26.4 Å². The van der Waals surface area contributed by atoms with E-state index in [4.69, 9.17) is 19.3 Å². The SMILES string of the molecule is COc1ccc(C=CC(=O)O)cc1COCC1CCCO1. The number of ether oxygens (including phenoxy) is 3. The van der Waals surface area contributed by atoms with Crippen molar-refractivity contribution in [2.75, 3.05) is 20.3 Å². The van der Waals surface area contributed by atoms with Crippen molar-refractivity contribution in [1.82, 2.24) is 0 Å². The molecule has 0 saturated carbocycles. The van der Waals surface area contributed by atoms with Crippen molar-refractivity contribution in [1.29, 1.82) is 0 Å². The molecular weight excluding hydrogens is 272 g/mol. The smallest absolute Gasteiger partial charge is 0.328 e. The van der Waals surface area contributed by atoms with Crippen molar-refractivity contribution in [3.8, 4) is 5.75 Å². The summed E-state index contributed by atoms with van der Waals surface area (Å²) in [7, 11) is 1.60. The molecule has 0 amide bonds. The van der Waals surface area contributed by atoms with Gasteiger partial charge in [0.15, 0.2) is 0 Å². The van der Waals surface area contributed by atoms with Crippen LogP contribution in [0.3, 0.4) is 0 Å². The third kappa shape index (κ3) is 4.88. The Morgan fingerprint density at radius 3 is 3.05 bits per heavy atom. The standard InChI is InChI=1S/C16H20O5/c1-19-15-6-4-12(5-7-16(17)18)9-13(15)10-20-11-14-3-2-8-21-14/h4-7,9,14H,2-3,8,10-11H2,1H3,(H,17,18). The van der Waals surface area contributed by atoms with Crippen LogP contribution in [0.4, 0.5) is 0 Å². The highest BCUT2D eigenvalue weighted by atomic mass is 16.5. The van der Waals surface area contributed by atoms with Gasteiger partial charge in [0.2, 0.25) is 0 Å². The minimum atomic E-state index is -0.970. The Labute approximate surface area is 124 Å². The first-order valence-electron chi connectivity index (χ1n) is 6.96. The fraction of sp³-hybridized carbons (Fsp3) is 0.438. The van der Waals surface area contributed by atoms with Crippen molar-refractivity contribution < 1.29 is 24.1 Å². The third-order valence-electron chi connectivity index (χ3n) is 3.31. The predicted molar refractivity (Wildman–Crippen MR) is 78.3 cm³/mol. The quantitative estimate of drug-likeness (QED) is 0.782. The minimum Gasteiger partial charge on any atom is -0.496 e. The summed E-state index contributed by atoms with van der Waals surface area (Å²) in [5.74, 6) is -0.239. The summed E-state index contributed by atoms with van der Waals surface area (Å²) in [5, 5.41) is 8.66. The van der Waals surface area contributed by atoms with Gasteiger partial charge in [-0.15, -0.1) is 0 Å². The van der Waals surface area contributed by atoms with Crippen molar-refractivity contribution in [3.63, 3.8) is 0 Å². The van der Waals surface area contributed by atoms with E-state index in [2.05, 4.69) is 0 Å². The molecule has 1 aromatic rings. The third-order valence-corrected chi connectivity index (χ3v) is 3.31. The van der Waals surface area contributed by atoms with E-state index >= 15 is 0 Å². The molecule has 1 aliphatic heterocycles. The zero-order chi connectivity index (χ0) is 15.1. The van der Waals surface area contributed by atoms with Crippen LogP contribution in [0.15, 0.2) is 24.3 Å². The fourth-order valence-corrected chi connectivity index (χ4v) is 2.26. The number of benzene rings is 1. The summed E-state index contributed by atoms with van der Waals surface area (Å²) in [4.78, 5) is 10.5. The lowest BCUT2D eigenvalue weighted by Gasteiger charge is -2.13. The molecule has 0 radical (unpaired) electrons. The lowest BCUT2D eigenvalue weighted by atomic mass is 10.1. The zero-order valence-corrected chi connectivity index (χ0v) is 12.1. The van der Waals surface area contributed by atoms with Crippen LogP contribution in [0.2, 0.25) is 0 Å². The van der Waals surface area contributed by atoms with E-state index in [1.807, 2.05) is 18.2 Å². The van der Waals surface area contributed by atoms with Crippen molar-refractivity contribution in [3.05, 3.63) is 35.4 Å². The van der Waals surface area contributed by atoms with Crippen LogP contribution in [0.25, 0.3) is 6.08 Å². The Kier molecular flexibility index (Phi) is 5.78. The van der Waals surface area contributed by atoms with Crippen LogP contribution in [0, 0.1) is 0 Å². The van der Waals surface area contributed by atoms with Gasteiger partial charge < -0.3 is 19.3 Å². The molecule has 0 aliphatic carbocycles. The Morgan fingerprint density at radius 2 is 2.38 bits per heavy atom. The van der Waals surface area contributed by atoms with Gasteiger partial charge in [0.25, 0.3) is 0 Å². The molecule has 21 heavy (non-hydrogen) atoms. The predicted octanol–water partition coefficient (Wildman–Crippen LogP) is 2.49. The van der Waals surface area contributed by atoms with Crippen LogP contribution in [0.5, 0.6) is 5.75 Å². The Balaban J connectivity index is 1.97. The first-order chi connectivity index (χ1) is 10.2. The minimum absolute atomic E-state index is 0.186. The summed E-state index contributed by atoms with van der Waals surface area (Å²) >= 11 is 0. The molecule has 2 rings (SSSR count). The van der Waals surface area contributed by atoms with Crippen molar-refractivity contribution in [2.24, 2.45) is 0 Å². The van der Waals surface area contributed by atoms with E-state index in [9.17, 15) is 4.79 Å². The van der Waals surface area contributed by atoms with Gasteiger partial charge in [-0.3, -0.25) is 0 Å². The largest absolute Gasteiger partial charge is 0.496 e. The second-order valence-corrected chi connectivity index (χ2v) is 4.89. The van der Waals surface area contributed by atoms with E-state index in [0.717, 1.165) is 42.4 Å². The molecule has 1 aliphatic rings. The molecule has 0 aromatic heterocycles. The highest BCUT2D eigenvalue weighted by molar-refractivity contribution is 5.85. The number of hydrogen-bond acceptors (Lipinski definition) is 4. The first kappa shape index (κ1) is 15.5. The monoisotopic (exact) mass is 292 g/mol. The summed E-state index contributed by atoms with van der Waals surface area (Å²) in [6.45, 7) is 1.79. The maximum absolute atomic E-state index is 10.5. The zero-order valence-electron chi connectivity index (χ0n) is 12.1. The summed E-state index contributed by atoms with van der Waals surface area (Å²) in [5.41, 5.74) is 1.69. The van der Waals surface area contributed by atoms with Gasteiger partial charge in [-0.1, -0.05) is 6.07 Å². The molecule has 0 bridgehead atoms. The Hall–Kier alpha value is -1.85. The maximum Gasteiger partial charge on any atom is 0.328 e. The number of carboxylic acids is 1. The number of rotatable bonds is 7. The second-order valence-electron chi connectivity index (χ2n) is 4.89. The lowest BCUT2D eigenvalue weighted by Crippen LogP contribution is -2.14. The van der Waals surface area contributed by atoms with Crippen molar-refractivity contribution >= 4 is 12.0 Å². The van der Waals surface area contributed by atoms with Gasteiger partial charge in [-0.25, -0.2) is 4.79 Å².